The Balaban J connectivity index is 1.66. The van der Waals surface area contributed by atoms with E-state index in [-0.39, 0.29) is 5.91 Å². The molecule has 3 aromatic rings. The molecule has 2 heterocycles. The quantitative estimate of drug-likeness (QED) is 0.620. The maximum Gasteiger partial charge on any atom is 0.255 e. The summed E-state index contributed by atoms with van der Waals surface area (Å²) in [5.74, 6) is 1.09. The van der Waals surface area contributed by atoms with E-state index in [9.17, 15) is 4.79 Å². The van der Waals surface area contributed by atoms with Crippen molar-refractivity contribution in [3.8, 4) is 11.5 Å². The van der Waals surface area contributed by atoms with Gasteiger partial charge in [0.1, 0.15) is 11.5 Å². The Bertz CT molecular complexity index is 1030. The second kappa shape index (κ2) is 9.04. The fraction of sp³-hybridized carbons (Fsp3) is 0.364. The SMILES string of the molecule is CCOc1cc(N2CCOCC2)c(OCC)cc1NC(=O)c1ccc2nc[nH]c2c1. The molecule has 0 atom stereocenters. The van der Waals surface area contributed by atoms with Gasteiger partial charge in [-0.05, 0) is 32.0 Å². The molecule has 0 bridgehead atoms. The van der Waals surface area contributed by atoms with Crippen LogP contribution in [0.5, 0.6) is 11.5 Å². The zero-order valence-corrected chi connectivity index (χ0v) is 17.2. The number of hydrogen-bond acceptors (Lipinski definition) is 6. The molecule has 0 saturated carbocycles. The molecule has 1 aromatic heterocycles. The number of ether oxygens (including phenoxy) is 3. The number of nitrogens with one attached hydrogen (secondary N) is 2. The first-order valence-corrected chi connectivity index (χ1v) is 10.2. The van der Waals surface area contributed by atoms with E-state index in [4.69, 9.17) is 14.2 Å². The number of aromatic nitrogens is 2. The summed E-state index contributed by atoms with van der Waals surface area (Å²) < 4.78 is 17.2. The Morgan fingerprint density at radius 3 is 2.67 bits per heavy atom. The zero-order chi connectivity index (χ0) is 20.9. The third kappa shape index (κ3) is 4.18. The van der Waals surface area contributed by atoms with Crippen molar-refractivity contribution in [1.29, 1.82) is 0 Å². The summed E-state index contributed by atoms with van der Waals surface area (Å²) in [4.78, 5) is 22.4. The third-order valence-corrected chi connectivity index (χ3v) is 4.94. The Morgan fingerprint density at radius 2 is 1.90 bits per heavy atom. The molecule has 1 fully saturated rings. The van der Waals surface area contributed by atoms with Crippen LogP contribution in [0.25, 0.3) is 11.0 Å². The van der Waals surface area contributed by atoms with Crippen LogP contribution in [0.3, 0.4) is 0 Å². The summed E-state index contributed by atoms with van der Waals surface area (Å²) in [6.45, 7) is 7.77. The molecular weight excluding hydrogens is 384 g/mol. The van der Waals surface area contributed by atoms with Gasteiger partial charge in [-0.3, -0.25) is 4.79 Å². The van der Waals surface area contributed by atoms with Crippen molar-refractivity contribution in [1.82, 2.24) is 9.97 Å². The van der Waals surface area contributed by atoms with Crippen molar-refractivity contribution in [3.63, 3.8) is 0 Å². The van der Waals surface area contributed by atoms with E-state index in [0.717, 1.165) is 29.8 Å². The Morgan fingerprint density at radius 1 is 1.13 bits per heavy atom. The van der Waals surface area contributed by atoms with Gasteiger partial charge in [-0.25, -0.2) is 4.98 Å². The lowest BCUT2D eigenvalue weighted by molar-refractivity contribution is 0.102. The number of carbonyl (C=O) groups excluding carboxylic acids is 1. The average molecular weight is 410 g/mol. The molecule has 1 amide bonds. The van der Waals surface area contributed by atoms with E-state index in [2.05, 4.69) is 20.2 Å². The van der Waals surface area contributed by atoms with Crippen molar-refractivity contribution in [2.24, 2.45) is 0 Å². The molecule has 0 radical (unpaired) electrons. The normalized spacial score (nSPS) is 14.0. The number of benzene rings is 2. The van der Waals surface area contributed by atoms with Gasteiger partial charge in [0.25, 0.3) is 5.91 Å². The van der Waals surface area contributed by atoms with Crippen LogP contribution < -0.4 is 19.7 Å². The largest absolute Gasteiger partial charge is 0.492 e. The van der Waals surface area contributed by atoms with E-state index >= 15 is 0 Å². The summed E-state index contributed by atoms with van der Waals surface area (Å²) in [5.41, 5.74) is 3.68. The monoisotopic (exact) mass is 410 g/mol. The fourth-order valence-electron chi connectivity index (χ4n) is 3.52. The Kier molecular flexibility index (Phi) is 6.04. The van der Waals surface area contributed by atoms with E-state index in [1.807, 2.05) is 32.0 Å². The lowest BCUT2D eigenvalue weighted by Crippen LogP contribution is -2.36. The number of carbonyl (C=O) groups is 1. The molecule has 1 saturated heterocycles. The maximum atomic E-state index is 12.9. The minimum atomic E-state index is -0.228. The van der Waals surface area contributed by atoms with E-state index in [0.29, 0.717) is 49.2 Å². The summed E-state index contributed by atoms with van der Waals surface area (Å²) in [5, 5.41) is 2.98. The molecule has 0 spiro atoms. The fourth-order valence-corrected chi connectivity index (χ4v) is 3.52. The molecule has 0 unspecified atom stereocenters. The van der Waals surface area contributed by atoms with E-state index in [1.54, 1.807) is 18.5 Å². The van der Waals surface area contributed by atoms with Crippen LogP contribution in [0.2, 0.25) is 0 Å². The van der Waals surface area contributed by atoms with Gasteiger partial charge < -0.3 is 29.4 Å². The first kappa shape index (κ1) is 20.0. The van der Waals surface area contributed by atoms with Gasteiger partial charge in [0.05, 0.1) is 55.2 Å². The van der Waals surface area contributed by atoms with Crippen LogP contribution in [-0.2, 0) is 4.74 Å². The standard InChI is InChI=1S/C22H26N4O4/c1-3-29-20-13-19(26-7-9-28-10-8-26)21(30-4-2)12-18(20)25-22(27)15-5-6-16-17(11-15)24-14-23-16/h5-6,11-14H,3-4,7-10H2,1-2H3,(H,23,24)(H,25,27). The molecule has 0 aliphatic carbocycles. The first-order valence-electron chi connectivity index (χ1n) is 10.2. The molecule has 1 aliphatic heterocycles. The first-order chi connectivity index (χ1) is 14.7. The third-order valence-electron chi connectivity index (χ3n) is 4.94. The molecule has 4 rings (SSSR count). The number of H-pyrrole nitrogens is 1. The predicted octanol–water partition coefficient (Wildman–Crippen LogP) is 3.45. The number of anilines is 2. The van der Waals surface area contributed by atoms with Gasteiger partial charge in [0.2, 0.25) is 0 Å². The number of rotatable bonds is 7. The maximum absolute atomic E-state index is 12.9. The average Bonchev–Trinajstić information content (AvgIpc) is 3.24. The van der Waals surface area contributed by atoms with Crippen molar-refractivity contribution >= 4 is 28.3 Å². The summed E-state index contributed by atoms with van der Waals surface area (Å²) >= 11 is 0. The minimum Gasteiger partial charge on any atom is -0.492 e. The van der Waals surface area contributed by atoms with Crippen LogP contribution in [0, 0.1) is 0 Å². The second-order valence-electron chi connectivity index (χ2n) is 6.87. The van der Waals surface area contributed by atoms with Crippen molar-refractivity contribution in [3.05, 3.63) is 42.2 Å². The van der Waals surface area contributed by atoms with Crippen LogP contribution >= 0.6 is 0 Å². The van der Waals surface area contributed by atoms with Crippen LogP contribution in [0.15, 0.2) is 36.7 Å². The van der Waals surface area contributed by atoms with Crippen LogP contribution in [0.4, 0.5) is 11.4 Å². The number of imidazole rings is 1. The van der Waals surface area contributed by atoms with Crippen molar-refractivity contribution in [2.45, 2.75) is 13.8 Å². The number of morpholine rings is 1. The Hall–Kier alpha value is -3.26. The highest BCUT2D eigenvalue weighted by atomic mass is 16.5. The lowest BCUT2D eigenvalue weighted by Gasteiger charge is -2.31. The zero-order valence-electron chi connectivity index (χ0n) is 17.2. The van der Waals surface area contributed by atoms with Gasteiger partial charge in [0, 0.05) is 30.8 Å². The van der Waals surface area contributed by atoms with Gasteiger partial charge in [0.15, 0.2) is 0 Å². The molecule has 8 heteroatoms. The topological polar surface area (TPSA) is 88.7 Å². The molecule has 1 aliphatic rings. The molecular formula is C22H26N4O4. The number of nitrogens with zero attached hydrogens (tertiary/aromatic N) is 2. The second-order valence-corrected chi connectivity index (χ2v) is 6.87. The predicted molar refractivity (Wildman–Crippen MR) is 116 cm³/mol. The Labute approximate surface area is 175 Å². The molecule has 30 heavy (non-hydrogen) atoms. The van der Waals surface area contributed by atoms with Gasteiger partial charge in [-0.1, -0.05) is 0 Å². The van der Waals surface area contributed by atoms with E-state index in [1.165, 1.54) is 0 Å². The number of fused-ring (bicyclic) bond motifs is 1. The molecule has 2 N–H and O–H groups in total. The highest BCUT2D eigenvalue weighted by Gasteiger charge is 2.21. The van der Waals surface area contributed by atoms with Gasteiger partial charge >= 0.3 is 0 Å². The van der Waals surface area contributed by atoms with Crippen molar-refractivity contribution in [2.75, 3.05) is 49.7 Å². The van der Waals surface area contributed by atoms with Gasteiger partial charge in [-0.2, -0.15) is 0 Å². The number of amides is 1. The molecule has 2 aromatic carbocycles. The summed E-state index contributed by atoms with van der Waals surface area (Å²) in [6, 6.07) is 9.13. The summed E-state index contributed by atoms with van der Waals surface area (Å²) in [7, 11) is 0. The highest BCUT2D eigenvalue weighted by molar-refractivity contribution is 6.06. The van der Waals surface area contributed by atoms with Crippen molar-refractivity contribution < 1.29 is 19.0 Å². The smallest absolute Gasteiger partial charge is 0.255 e. The molecule has 158 valence electrons. The lowest BCUT2D eigenvalue weighted by atomic mass is 10.1. The minimum absolute atomic E-state index is 0.228. The molecule has 8 nitrogen and oxygen atoms in total. The highest BCUT2D eigenvalue weighted by Crippen LogP contribution is 2.39. The number of aromatic amines is 1. The summed E-state index contributed by atoms with van der Waals surface area (Å²) in [6.07, 6.45) is 1.61. The van der Waals surface area contributed by atoms with Crippen LogP contribution in [-0.4, -0.2) is 55.4 Å². The van der Waals surface area contributed by atoms with Gasteiger partial charge in [-0.15, -0.1) is 0 Å². The van der Waals surface area contributed by atoms with E-state index < -0.39 is 0 Å². The number of hydrogen-bond donors (Lipinski definition) is 2. The van der Waals surface area contributed by atoms with Crippen LogP contribution in [0.1, 0.15) is 24.2 Å².